The lowest BCUT2D eigenvalue weighted by Gasteiger charge is -2.16. The van der Waals surface area contributed by atoms with E-state index < -0.39 is 0 Å². The summed E-state index contributed by atoms with van der Waals surface area (Å²) in [6.07, 6.45) is 5.79. The van der Waals surface area contributed by atoms with Crippen LogP contribution in [0.2, 0.25) is 0 Å². The first-order valence-corrected chi connectivity index (χ1v) is 6.69. The molecule has 2 aromatic heterocycles. The summed E-state index contributed by atoms with van der Waals surface area (Å²) in [5, 5.41) is 4.95. The van der Waals surface area contributed by atoms with Gasteiger partial charge in [-0.2, -0.15) is 0 Å². The van der Waals surface area contributed by atoms with Crippen LogP contribution in [0.25, 0.3) is 10.3 Å². The minimum atomic E-state index is 0.637. The lowest BCUT2D eigenvalue weighted by Crippen LogP contribution is -2.21. The molecule has 0 radical (unpaired) electrons. The zero-order chi connectivity index (χ0) is 10.5. The lowest BCUT2D eigenvalue weighted by atomic mass is 9.90. The molecule has 82 valence electrons. The molecular formula is C12H13N3S. The van der Waals surface area contributed by atoms with E-state index >= 15 is 0 Å². The van der Waals surface area contributed by atoms with E-state index in [2.05, 4.69) is 16.4 Å². The summed E-state index contributed by atoms with van der Waals surface area (Å²) >= 11 is 1.77. The Labute approximate surface area is 97.9 Å². The Hall–Kier alpha value is -1.00. The highest BCUT2D eigenvalue weighted by molar-refractivity contribution is 7.18. The van der Waals surface area contributed by atoms with Crippen molar-refractivity contribution in [1.82, 2.24) is 15.3 Å². The maximum atomic E-state index is 4.73. The molecule has 0 aromatic carbocycles. The van der Waals surface area contributed by atoms with Gasteiger partial charge in [0.05, 0.1) is 0 Å². The van der Waals surface area contributed by atoms with E-state index in [1.807, 2.05) is 12.3 Å². The number of nitrogens with zero attached hydrogens (tertiary/aromatic N) is 2. The topological polar surface area (TPSA) is 37.8 Å². The van der Waals surface area contributed by atoms with E-state index in [9.17, 15) is 0 Å². The van der Waals surface area contributed by atoms with Crippen molar-refractivity contribution in [3.05, 3.63) is 23.3 Å². The van der Waals surface area contributed by atoms with Crippen molar-refractivity contribution >= 4 is 21.7 Å². The van der Waals surface area contributed by atoms with Gasteiger partial charge in [0, 0.05) is 24.2 Å². The number of pyridine rings is 1. The second-order valence-electron chi connectivity index (χ2n) is 4.77. The third-order valence-electron chi connectivity index (χ3n) is 3.80. The van der Waals surface area contributed by atoms with Crippen LogP contribution in [-0.4, -0.2) is 22.1 Å². The second-order valence-corrected chi connectivity index (χ2v) is 5.78. The average Bonchev–Trinajstić information content (AvgIpc) is 3.02. The smallest absolute Gasteiger partial charge is 0.143 e. The Balaban J connectivity index is 1.76. The van der Waals surface area contributed by atoms with E-state index in [4.69, 9.17) is 4.98 Å². The first-order valence-electron chi connectivity index (χ1n) is 5.87. The van der Waals surface area contributed by atoms with Gasteiger partial charge in [0.25, 0.3) is 0 Å². The summed E-state index contributed by atoms with van der Waals surface area (Å²) in [7, 11) is 0. The molecule has 3 unspecified atom stereocenters. The molecule has 0 saturated carbocycles. The quantitative estimate of drug-likeness (QED) is 0.818. The van der Waals surface area contributed by atoms with Crippen LogP contribution in [0.4, 0.5) is 0 Å². The highest BCUT2D eigenvalue weighted by atomic mass is 32.1. The van der Waals surface area contributed by atoms with Crippen LogP contribution in [0, 0.1) is 0 Å². The maximum absolute atomic E-state index is 4.73. The predicted octanol–water partition coefficient (Wildman–Crippen LogP) is 2.30. The monoisotopic (exact) mass is 231 g/mol. The fraction of sp³-hybridized carbons (Fsp3) is 0.500. The number of thiazole rings is 1. The van der Waals surface area contributed by atoms with Gasteiger partial charge in [0.1, 0.15) is 15.4 Å². The average molecular weight is 231 g/mol. The second kappa shape index (κ2) is 3.25. The summed E-state index contributed by atoms with van der Waals surface area (Å²) < 4.78 is 0. The van der Waals surface area contributed by atoms with Crippen LogP contribution in [-0.2, 0) is 0 Å². The normalized spacial score (nSPS) is 32.6. The largest absolute Gasteiger partial charge is 0.311 e. The Morgan fingerprint density at radius 3 is 3.12 bits per heavy atom. The highest BCUT2D eigenvalue weighted by Gasteiger charge is 2.41. The molecule has 2 fully saturated rings. The molecule has 2 aliphatic rings. The summed E-state index contributed by atoms with van der Waals surface area (Å²) in [6, 6.07) is 5.44. The van der Waals surface area contributed by atoms with E-state index in [0.717, 1.165) is 16.4 Å². The van der Waals surface area contributed by atoms with Gasteiger partial charge in [0.15, 0.2) is 0 Å². The Morgan fingerprint density at radius 2 is 2.38 bits per heavy atom. The fourth-order valence-corrected chi connectivity index (χ4v) is 4.13. The SMILES string of the molecule is c1cnc2sc(C3CC4CCC3N4)nc2c1. The van der Waals surface area contributed by atoms with Gasteiger partial charge in [-0.3, -0.25) is 0 Å². The molecule has 0 amide bonds. The molecule has 2 bridgehead atoms. The summed E-state index contributed by atoms with van der Waals surface area (Å²) in [4.78, 5) is 10.2. The van der Waals surface area contributed by atoms with Crippen molar-refractivity contribution in [2.24, 2.45) is 0 Å². The number of fused-ring (bicyclic) bond motifs is 3. The van der Waals surface area contributed by atoms with Gasteiger partial charge >= 0.3 is 0 Å². The van der Waals surface area contributed by atoms with Gasteiger partial charge in [-0.1, -0.05) is 11.3 Å². The Bertz CT molecular complexity index is 503. The van der Waals surface area contributed by atoms with Crippen molar-refractivity contribution in [3.8, 4) is 0 Å². The van der Waals surface area contributed by atoms with Crippen LogP contribution >= 0.6 is 11.3 Å². The first kappa shape index (κ1) is 9.07. The van der Waals surface area contributed by atoms with E-state index in [1.54, 1.807) is 11.3 Å². The molecule has 2 aromatic rings. The predicted molar refractivity (Wildman–Crippen MR) is 64.7 cm³/mol. The van der Waals surface area contributed by atoms with Gasteiger partial charge in [-0.05, 0) is 31.4 Å². The molecule has 3 atom stereocenters. The van der Waals surface area contributed by atoms with Crippen molar-refractivity contribution < 1.29 is 0 Å². The first-order chi connectivity index (χ1) is 7.90. The van der Waals surface area contributed by atoms with Crippen LogP contribution in [0.15, 0.2) is 18.3 Å². The minimum Gasteiger partial charge on any atom is -0.311 e. The van der Waals surface area contributed by atoms with Crippen LogP contribution in [0.1, 0.15) is 30.2 Å². The summed E-state index contributed by atoms with van der Waals surface area (Å²) in [5.41, 5.74) is 1.06. The Kier molecular flexibility index (Phi) is 1.84. The number of hydrogen-bond donors (Lipinski definition) is 1. The highest BCUT2D eigenvalue weighted by Crippen LogP contribution is 2.41. The molecule has 2 aliphatic heterocycles. The van der Waals surface area contributed by atoms with Gasteiger partial charge in [0.2, 0.25) is 0 Å². The zero-order valence-electron chi connectivity index (χ0n) is 8.89. The van der Waals surface area contributed by atoms with Gasteiger partial charge in [-0.25, -0.2) is 9.97 Å². The zero-order valence-corrected chi connectivity index (χ0v) is 9.70. The number of hydrogen-bond acceptors (Lipinski definition) is 4. The van der Waals surface area contributed by atoms with Crippen molar-refractivity contribution in [3.63, 3.8) is 0 Å². The van der Waals surface area contributed by atoms with E-state index in [0.29, 0.717) is 12.0 Å². The van der Waals surface area contributed by atoms with Crippen LogP contribution in [0.5, 0.6) is 0 Å². The molecule has 2 saturated heterocycles. The van der Waals surface area contributed by atoms with Crippen molar-refractivity contribution in [2.75, 3.05) is 0 Å². The van der Waals surface area contributed by atoms with Crippen LogP contribution in [0.3, 0.4) is 0 Å². The van der Waals surface area contributed by atoms with Crippen LogP contribution < -0.4 is 5.32 Å². The molecule has 3 nitrogen and oxygen atoms in total. The third-order valence-corrected chi connectivity index (χ3v) is 4.91. The van der Waals surface area contributed by atoms with Crippen molar-refractivity contribution in [1.29, 1.82) is 0 Å². The lowest BCUT2D eigenvalue weighted by molar-refractivity contribution is 0.505. The number of aromatic nitrogens is 2. The number of rotatable bonds is 1. The minimum absolute atomic E-state index is 0.637. The fourth-order valence-electron chi connectivity index (χ4n) is 3.04. The molecule has 0 aliphatic carbocycles. The van der Waals surface area contributed by atoms with E-state index in [1.165, 1.54) is 24.3 Å². The molecule has 0 spiro atoms. The Morgan fingerprint density at radius 1 is 1.38 bits per heavy atom. The van der Waals surface area contributed by atoms with Crippen molar-refractivity contribution in [2.45, 2.75) is 37.3 Å². The maximum Gasteiger partial charge on any atom is 0.143 e. The molecule has 4 heterocycles. The molecular weight excluding hydrogens is 218 g/mol. The van der Waals surface area contributed by atoms with E-state index in [-0.39, 0.29) is 0 Å². The molecule has 1 N–H and O–H groups in total. The molecule has 4 rings (SSSR count). The van der Waals surface area contributed by atoms with Gasteiger partial charge in [-0.15, -0.1) is 0 Å². The summed E-state index contributed by atoms with van der Waals surface area (Å²) in [5.74, 6) is 0.637. The molecule has 16 heavy (non-hydrogen) atoms. The number of nitrogens with one attached hydrogen (secondary N) is 1. The third kappa shape index (κ3) is 1.23. The standard InChI is InChI=1S/C12H13N3S/c1-2-10-12(13-5-1)16-11(15-10)8-6-7-3-4-9(8)14-7/h1-2,5,7-9,14H,3-4,6H2. The summed E-state index contributed by atoms with van der Waals surface area (Å²) in [6.45, 7) is 0. The van der Waals surface area contributed by atoms with Gasteiger partial charge < -0.3 is 5.32 Å². The molecule has 4 heteroatoms.